The Labute approximate surface area is 211 Å². The van der Waals surface area contributed by atoms with E-state index in [1.807, 2.05) is 18.0 Å². The van der Waals surface area contributed by atoms with Crippen LogP contribution in [0.1, 0.15) is 36.2 Å². The largest absolute Gasteiger partial charge is 0.485 e. The Kier molecular flexibility index (Phi) is 6.15. The molecule has 1 N–H and O–H groups in total. The summed E-state index contributed by atoms with van der Waals surface area (Å²) >= 11 is 0. The number of aryl methyl sites for hydroxylation is 1. The smallest absolute Gasteiger partial charge is 0.298 e. The van der Waals surface area contributed by atoms with Crippen molar-refractivity contribution in [3.05, 3.63) is 35.3 Å². The minimum atomic E-state index is -0.0655. The Bertz CT molecular complexity index is 1230. The lowest BCUT2D eigenvalue weighted by Gasteiger charge is -2.43. The average Bonchev–Trinajstić information content (AvgIpc) is 3.25. The van der Waals surface area contributed by atoms with Gasteiger partial charge in [0.25, 0.3) is 5.91 Å². The first kappa shape index (κ1) is 23.1. The molecule has 2 aromatic heterocycles. The molecule has 0 saturated carbocycles. The molecule has 3 fully saturated rings. The Morgan fingerprint density at radius 2 is 2.03 bits per heavy atom. The molecule has 1 atom stereocenters. The quantitative estimate of drug-likeness (QED) is 0.659. The molecule has 0 unspecified atom stereocenters. The summed E-state index contributed by atoms with van der Waals surface area (Å²) in [5.74, 6) is 7.27. The number of nitrogens with one attached hydrogen (secondary N) is 1. The van der Waals surface area contributed by atoms with E-state index >= 15 is 0 Å². The average molecular weight is 489 g/mol. The summed E-state index contributed by atoms with van der Waals surface area (Å²) in [5.41, 5.74) is 5.13. The Morgan fingerprint density at radius 1 is 1.19 bits per heavy atom. The van der Waals surface area contributed by atoms with Crippen molar-refractivity contribution < 1.29 is 14.3 Å². The number of anilines is 3. The number of ether oxygens (including phenoxy) is 2. The lowest BCUT2D eigenvalue weighted by atomic mass is 10.0. The predicted octanol–water partition coefficient (Wildman–Crippen LogP) is 2.28. The van der Waals surface area contributed by atoms with E-state index in [-0.39, 0.29) is 5.91 Å². The van der Waals surface area contributed by atoms with Crippen LogP contribution in [0.25, 0.3) is 0 Å². The molecule has 4 aliphatic rings. The molecule has 36 heavy (non-hydrogen) atoms. The summed E-state index contributed by atoms with van der Waals surface area (Å²) in [6.07, 6.45) is 2.92. The Balaban J connectivity index is 1.18. The standard InChI is InChI=1S/C27H32N6O3/c1-3-4-25(34)33-15-20(16-33)32-8-6-19(14-32)22-13-23-26(18(2)29-22)36-17-21-24(5-7-28-27(21)30-23)31-9-11-35-12-10-31/h5,7,13,19-20H,6,8-12,14-17H2,1-2H3,(H,28,30)/t19-/m0/s1. The molecule has 1 amide bonds. The molecule has 6 heterocycles. The second kappa shape index (κ2) is 9.60. The molecular formula is C27H32N6O3. The van der Waals surface area contributed by atoms with Crippen LogP contribution >= 0.6 is 0 Å². The number of rotatable bonds is 3. The maximum absolute atomic E-state index is 12.0. The first-order valence-corrected chi connectivity index (χ1v) is 12.8. The summed E-state index contributed by atoms with van der Waals surface area (Å²) < 4.78 is 11.9. The van der Waals surface area contributed by atoms with Gasteiger partial charge >= 0.3 is 0 Å². The topological polar surface area (TPSA) is 83.1 Å². The van der Waals surface area contributed by atoms with Crippen molar-refractivity contribution >= 4 is 23.1 Å². The van der Waals surface area contributed by atoms with Crippen LogP contribution in [0.5, 0.6) is 5.75 Å². The highest BCUT2D eigenvalue weighted by atomic mass is 16.5. The summed E-state index contributed by atoms with van der Waals surface area (Å²) in [6, 6.07) is 4.62. The molecule has 188 valence electrons. The highest BCUT2D eigenvalue weighted by molar-refractivity contribution is 5.94. The zero-order chi connectivity index (χ0) is 24.6. The number of carbonyl (C=O) groups excluding carboxylic acids is 1. The Hall–Kier alpha value is -3.35. The van der Waals surface area contributed by atoms with Crippen molar-refractivity contribution in [2.45, 2.75) is 38.8 Å². The van der Waals surface area contributed by atoms with Crippen molar-refractivity contribution in [3.63, 3.8) is 0 Å². The number of fused-ring (bicyclic) bond motifs is 2. The van der Waals surface area contributed by atoms with Gasteiger partial charge in [0.05, 0.1) is 30.2 Å². The maximum atomic E-state index is 12.0. The van der Waals surface area contributed by atoms with E-state index in [0.717, 1.165) is 98.8 Å². The summed E-state index contributed by atoms with van der Waals surface area (Å²) in [4.78, 5) is 28.3. The minimum absolute atomic E-state index is 0.0655. The molecule has 9 heteroatoms. The third kappa shape index (κ3) is 4.25. The van der Waals surface area contributed by atoms with Gasteiger partial charge in [0.15, 0.2) is 5.75 Å². The summed E-state index contributed by atoms with van der Waals surface area (Å²) in [7, 11) is 0. The fraction of sp³-hybridized carbons (Fsp3) is 0.519. The van der Waals surface area contributed by atoms with Crippen LogP contribution in [0.4, 0.5) is 17.2 Å². The van der Waals surface area contributed by atoms with Crippen molar-refractivity contribution in [2.24, 2.45) is 0 Å². The molecule has 0 spiro atoms. The van der Waals surface area contributed by atoms with Gasteiger partial charge in [-0.25, -0.2) is 4.98 Å². The maximum Gasteiger partial charge on any atom is 0.298 e. The van der Waals surface area contributed by atoms with E-state index in [0.29, 0.717) is 18.6 Å². The van der Waals surface area contributed by atoms with Gasteiger partial charge in [0, 0.05) is 62.3 Å². The number of pyridine rings is 2. The van der Waals surface area contributed by atoms with Crippen molar-refractivity contribution in [1.82, 2.24) is 19.8 Å². The number of carbonyl (C=O) groups is 1. The third-order valence-corrected chi connectivity index (χ3v) is 7.69. The first-order chi connectivity index (χ1) is 17.6. The third-order valence-electron chi connectivity index (χ3n) is 7.69. The van der Waals surface area contributed by atoms with Crippen molar-refractivity contribution in [3.8, 4) is 17.6 Å². The number of likely N-dealkylation sites (tertiary alicyclic amines) is 2. The fourth-order valence-corrected chi connectivity index (χ4v) is 5.67. The van der Waals surface area contributed by atoms with Crippen LogP contribution in [0.15, 0.2) is 18.3 Å². The van der Waals surface area contributed by atoms with Crippen LogP contribution in [0, 0.1) is 18.8 Å². The van der Waals surface area contributed by atoms with Crippen LogP contribution in [-0.2, 0) is 16.1 Å². The molecule has 9 nitrogen and oxygen atoms in total. The number of amides is 1. The fourth-order valence-electron chi connectivity index (χ4n) is 5.67. The Morgan fingerprint density at radius 3 is 2.83 bits per heavy atom. The number of hydrogen-bond acceptors (Lipinski definition) is 8. The van der Waals surface area contributed by atoms with E-state index in [2.05, 4.69) is 44.1 Å². The first-order valence-electron chi connectivity index (χ1n) is 12.8. The molecule has 0 bridgehead atoms. The minimum Gasteiger partial charge on any atom is -0.485 e. The molecule has 0 aliphatic carbocycles. The second-order valence-electron chi connectivity index (χ2n) is 9.90. The molecule has 4 aliphatic heterocycles. The zero-order valence-corrected chi connectivity index (χ0v) is 20.9. The predicted molar refractivity (Wildman–Crippen MR) is 137 cm³/mol. The molecule has 0 aromatic carbocycles. The molecule has 2 aromatic rings. The van der Waals surface area contributed by atoms with Crippen LogP contribution in [-0.4, -0.2) is 84.2 Å². The van der Waals surface area contributed by atoms with Gasteiger partial charge in [0.1, 0.15) is 12.4 Å². The monoisotopic (exact) mass is 488 g/mol. The van der Waals surface area contributed by atoms with Crippen molar-refractivity contribution in [2.75, 3.05) is 62.7 Å². The van der Waals surface area contributed by atoms with E-state index in [1.165, 1.54) is 0 Å². The van der Waals surface area contributed by atoms with E-state index in [1.54, 1.807) is 6.92 Å². The number of aromatic nitrogens is 2. The van der Waals surface area contributed by atoms with E-state index in [4.69, 9.17) is 14.5 Å². The highest BCUT2D eigenvalue weighted by Crippen LogP contribution is 2.40. The zero-order valence-electron chi connectivity index (χ0n) is 20.9. The highest BCUT2D eigenvalue weighted by Gasteiger charge is 2.38. The van der Waals surface area contributed by atoms with Crippen LogP contribution in [0.3, 0.4) is 0 Å². The van der Waals surface area contributed by atoms with Crippen LogP contribution < -0.4 is 15.0 Å². The van der Waals surface area contributed by atoms with Crippen molar-refractivity contribution in [1.29, 1.82) is 0 Å². The van der Waals surface area contributed by atoms with Gasteiger partial charge in [0.2, 0.25) is 0 Å². The lowest BCUT2D eigenvalue weighted by Crippen LogP contribution is -2.60. The SMILES string of the molecule is CC#CC(=O)N1CC(N2CC[C@H](c3cc4c(c(C)n3)OCc3c(N5CCOCC5)ccnc3N4)C2)C1. The van der Waals surface area contributed by atoms with Crippen LogP contribution in [0.2, 0.25) is 0 Å². The molecule has 6 rings (SSSR count). The number of morpholine rings is 1. The molecular weight excluding hydrogens is 456 g/mol. The molecule has 3 saturated heterocycles. The summed E-state index contributed by atoms with van der Waals surface area (Å²) in [6.45, 7) is 10.9. The number of hydrogen-bond donors (Lipinski definition) is 1. The molecule has 0 radical (unpaired) electrons. The lowest BCUT2D eigenvalue weighted by molar-refractivity contribution is -0.131. The van der Waals surface area contributed by atoms with Gasteiger partial charge in [-0.15, -0.1) is 0 Å². The number of nitrogens with zero attached hydrogens (tertiary/aromatic N) is 5. The van der Waals surface area contributed by atoms with Gasteiger partial charge in [-0.1, -0.05) is 5.92 Å². The van der Waals surface area contributed by atoms with E-state index in [9.17, 15) is 4.79 Å². The van der Waals surface area contributed by atoms with Gasteiger partial charge in [-0.05, 0) is 44.9 Å². The van der Waals surface area contributed by atoms with E-state index < -0.39 is 0 Å². The van der Waals surface area contributed by atoms with Gasteiger partial charge in [-0.3, -0.25) is 14.7 Å². The second-order valence-corrected chi connectivity index (χ2v) is 9.90. The van der Waals surface area contributed by atoms with Gasteiger partial charge < -0.3 is 24.6 Å². The summed E-state index contributed by atoms with van der Waals surface area (Å²) in [5, 5.41) is 3.57. The normalized spacial score (nSPS) is 21.8. The van der Waals surface area contributed by atoms with Gasteiger partial charge in [-0.2, -0.15) is 0 Å².